The number of hydrogen-bond acceptors (Lipinski definition) is 4. The number of amides is 1. The van der Waals surface area contributed by atoms with E-state index in [0.717, 1.165) is 48.9 Å². The van der Waals surface area contributed by atoms with Gasteiger partial charge in [0.1, 0.15) is 0 Å². The number of likely N-dealkylation sites (tertiary alicyclic amines) is 1. The molecule has 6 heteroatoms. The van der Waals surface area contributed by atoms with E-state index in [1.807, 2.05) is 24.5 Å². The number of nitrogens with zero attached hydrogens (tertiary/aromatic N) is 3. The van der Waals surface area contributed by atoms with Gasteiger partial charge in [0.05, 0.1) is 17.4 Å². The van der Waals surface area contributed by atoms with E-state index in [2.05, 4.69) is 21.4 Å². The minimum absolute atomic E-state index is 0.257. The number of benzene rings is 1. The van der Waals surface area contributed by atoms with Gasteiger partial charge in [-0.3, -0.25) is 4.79 Å². The van der Waals surface area contributed by atoms with E-state index in [1.54, 1.807) is 0 Å². The number of carbonyl (C=O) groups is 1. The van der Waals surface area contributed by atoms with Gasteiger partial charge in [-0.2, -0.15) is 0 Å². The van der Waals surface area contributed by atoms with Crippen molar-refractivity contribution in [3.63, 3.8) is 0 Å². The molecule has 2 atom stereocenters. The molecule has 1 aliphatic heterocycles. The summed E-state index contributed by atoms with van der Waals surface area (Å²) in [6, 6.07) is 6.33. The first-order valence-corrected chi connectivity index (χ1v) is 10.3. The molecule has 1 aromatic carbocycles. The fourth-order valence-corrected chi connectivity index (χ4v) is 4.88. The highest BCUT2D eigenvalue weighted by Gasteiger charge is 2.36. The normalized spacial score (nSPS) is 23.6. The topological polar surface area (TPSA) is 88.0 Å². The zero-order valence-corrected chi connectivity index (χ0v) is 16.5. The second kappa shape index (κ2) is 7.78. The van der Waals surface area contributed by atoms with Gasteiger partial charge < -0.3 is 20.6 Å². The summed E-state index contributed by atoms with van der Waals surface area (Å²) in [5.41, 5.74) is 9.17. The molecular weight excluding hydrogens is 350 g/mol. The lowest BCUT2D eigenvalue weighted by molar-refractivity contribution is -0.136. The van der Waals surface area contributed by atoms with Crippen molar-refractivity contribution in [3.8, 4) is 0 Å². The summed E-state index contributed by atoms with van der Waals surface area (Å²) in [5, 5.41) is 7.46. The van der Waals surface area contributed by atoms with Crippen molar-refractivity contribution in [2.45, 2.75) is 51.6 Å². The van der Waals surface area contributed by atoms with Crippen LogP contribution in [-0.2, 0) is 11.3 Å². The molecule has 1 aliphatic carbocycles. The summed E-state index contributed by atoms with van der Waals surface area (Å²) in [6.07, 6.45) is 10.2. The number of hydrogen-bond donors (Lipinski definition) is 2. The monoisotopic (exact) mass is 379 g/mol. The SMILES string of the molecule is CC1CC(Cn2cnc3cc(/C(C=N)=C/N)ccc32)CN1C(=O)C1CCCC1. The molecule has 3 N–H and O–H groups in total. The van der Waals surface area contributed by atoms with E-state index in [4.69, 9.17) is 11.1 Å². The van der Waals surface area contributed by atoms with E-state index in [0.29, 0.717) is 23.4 Å². The number of carbonyl (C=O) groups excluding carboxylic acids is 1. The van der Waals surface area contributed by atoms with Gasteiger partial charge in [-0.15, -0.1) is 0 Å². The smallest absolute Gasteiger partial charge is 0.225 e. The third-order valence-electron chi connectivity index (χ3n) is 6.39. The van der Waals surface area contributed by atoms with Crippen LogP contribution in [0.2, 0.25) is 0 Å². The number of nitrogens with two attached hydrogens (primary N) is 1. The summed E-state index contributed by atoms with van der Waals surface area (Å²) in [5.74, 6) is 1.09. The molecule has 1 amide bonds. The van der Waals surface area contributed by atoms with Crippen molar-refractivity contribution in [2.24, 2.45) is 17.6 Å². The molecule has 1 saturated carbocycles. The lowest BCUT2D eigenvalue weighted by atomic mass is 10.1. The zero-order chi connectivity index (χ0) is 19.7. The molecule has 2 aromatic rings. The third-order valence-corrected chi connectivity index (χ3v) is 6.39. The fraction of sp³-hybridized carbons (Fsp3) is 0.500. The summed E-state index contributed by atoms with van der Waals surface area (Å²) in [7, 11) is 0. The molecule has 0 radical (unpaired) electrons. The van der Waals surface area contributed by atoms with Crippen LogP contribution in [0, 0.1) is 17.2 Å². The fourth-order valence-electron chi connectivity index (χ4n) is 4.88. The number of nitrogens with one attached hydrogen (secondary N) is 1. The Morgan fingerprint density at radius 1 is 1.36 bits per heavy atom. The molecule has 2 fully saturated rings. The third kappa shape index (κ3) is 3.43. The Balaban J connectivity index is 1.48. The first-order chi connectivity index (χ1) is 13.6. The van der Waals surface area contributed by atoms with Crippen LogP contribution in [0.5, 0.6) is 0 Å². The molecule has 148 valence electrons. The maximum absolute atomic E-state index is 12.8. The van der Waals surface area contributed by atoms with Gasteiger partial charge in [-0.25, -0.2) is 4.98 Å². The van der Waals surface area contributed by atoms with Crippen molar-refractivity contribution in [2.75, 3.05) is 6.54 Å². The van der Waals surface area contributed by atoms with Crippen molar-refractivity contribution in [3.05, 3.63) is 36.3 Å². The number of aromatic nitrogens is 2. The van der Waals surface area contributed by atoms with E-state index >= 15 is 0 Å². The number of allylic oxidation sites excluding steroid dienone is 1. The van der Waals surface area contributed by atoms with E-state index < -0.39 is 0 Å². The van der Waals surface area contributed by atoms with E-state index in [1.165, 1.54) is 25.3 Å². The highest BCUT2D eigenvalue weighted by molar-refractivity contribution is 6.08. The van der Waals surface area contributed by atoms with Gasteiger partial charge in [-0.05, 0) is 49.8 Å². The summed E-state index contributed by atoms with van der Waals surface area (Å²) >= 11 is 0. The van der Waals surface area contributed by atoms with Gasteiger partial charge in [0.15, 0.2) is 0 Å². The first kappa shape index (κ1) is 18.7. The van der Waals surface area contributed by atoms with Gasteiger partial charge in [0.2, 0.25) is 5.91 Å². The first-order valence-electron chi connectivity index (χ1n) is 10.3. The average Bonchev–Trinajstić information content (AvgIpc) is 3.43. The van der Waals surface area contributed by atoms with Gasteiger partial charge in [0.25, 0.3) is 0 Å². The Hall–Kier alpha value is -2.63. The molecule has 2 aliphatic rings. The molecule has 4 rings (SSSR count). The van der Waals surface area contributed by atoms with Crippen molar-refractivity contribution in [1.29, 1.82) is 5.41 Å². The average molecular weight is 380 g/mol. The van der Waals surface area contributed by atoms with Crippen molar-refractivity contribution < 1.29 is 4.79 Å². The second-order valence-corrected chi connectivity index (χ2v) is 8.29. The zero-order valence-electron chi connectivity index (χ0n) is 16.5. The maximum Gasteiger partial charge on any atom is 0.225 e. The molecule has 0 bridgehead atoms. The molecular formula is C22H29N5O. The number of rotatable bonds is 5. The Kier molecular flexibility index (Phi) is 5.20. The summed E-state index contributed by atoms with van der Waals surface area (Å²) in [4.78, 5) is 19.5. The summed E-state index contributed by atoms with van der Waals surface area (Å²) < 4.78 is 2.19. The van der Waals surface area contributed by atoms with E-state index in [-0.39, 0.29) is 5.92 Å². The molecule has 28 heavy (non-hydrogen) atoms. The highest BCUT2D eigenvalue weighted by Crippen LogP contribution is 2.32. The van der Waals surface area contributed by atoms with Crippen molar-refractivity contribution >= 4 is 28.7 Å². The van der Waals surface area contributed by atoms with Crippen LogP contribution in [0.15, 0.2) is 30.7 Å². The van der Waals surface area contributed by atoms with Crippen LogP contribution >= 0.6 is 0 Å². The van der Waals surface area contributed by atoms with Crippen LogP contribution < -0.4 is 5.73 Å². The van der Waals surface area contributed by atoms with Gasteiger partial charge in [-0.1, -0.05) is 18.9 Å². The Morgan fingerprint density at radius 3 is 2.86 bits per heavy atom. The molecule has 1 saturated heterocycles. The standard InChI is InChI=1S/C22H29N5O/c1-15-8-16(13-27(15)22(28)17-4-2-3-5-17)12-26-14-25-20-9-18(6-7-21(20)26)19(10-23)11-24/h6-7,9-11,14-17,23H,2-5,8,12-13,24H2,1H3/b19-11+,23-10?. The number of fused-ring (bicyclic) bond motifs is 1. The second-order valence-electron chi connectivity index (χ2n) is 8.29. The van der Waals surface area contributed by atoms with Crippen LogP contribution in [0.1, 0.15) is 44.6 Å². The lowest BCUT2D eigenvalue weighted by Gasteiger charge is -2.25. The van der Waals surface area contributed by atoms with Crippen molar-refractivity contribution in [1.82, 2.24) is 14.5 Å². The van der Waals surface area contributed by atoms with Gasteiger partial charge in [0, 0.05) is 43.0 Å². The van der Waals surface area contributed by atoms with Gasteiger partial charge >= 0.3 is 0 Å². The van der Waals surface area contributed by atoms with Crippen LogP contribution in [0.3, 0.4) is 0 Å². The Labute approximate surface area is 165 Å². The quantitative estimate of drug-likeness (QED) is 0.780. The highest BCUT2D eigenvalue weighted by atomic mass is 16.2. The molecule has 0 spiro atoms. The van der Waals surface area contributed by atoms with Crippen LogP contribution in [0.4, 0.5) is 0 Å². The predicted molar refractivity (Wildman–Crippen MR) is 112 cm³/mol. The largest absolute Gasteiger partial charge is 0.404 e. The van der Waals surface area contributed by atoms with Crippen LogP contribution in [-0.4, -0.2) is 39.2 Å². The molecule has 2 heterocycles. The molecule has 2 unspecified atom stereocenters. The van der Waals surface area contributed by atoms with Crippen LogP contribution in [0.25, 0.3) is 16.6 Å². The summed E-state index contributed by atoms with van der Waals surface area (Å²) in [6.45, 7) is 3.91. The molecule has 1 aromatic heterocycles. The Morgan fingerprint density at radius 2 is 2.14 bits per heavy atom. The Bertz CT molecular complexity index is 909. The van der Waals surface area contributed by atoms with E-state index in [9.17, 15) is 4.79 Å². The maximum atomic E-state index is 12.8. The predicted octanol–water partition coefficient (Wildman–Crippen LogP) is 3.41. The minimum Gasteiger partial charge on any atom is -0.404 e. The number of imidazole rings is 1. The lowest BCUT2D eigenvalue weighted by Crippen LogP contribution is -2.38. The minimum atomic E-state index is 0.257. The molecule has 6 nitrogen and oxygen atoms in total.